The van der Waals surface area contributed by atoms with Crippen LogP contribution in [0, 0.1) is 11.6 Å². The summed E-state index contributed by atoms with van der Waals surface area (Å²) in [6.07, 6.45) is 1.15. The molecule has 4 rings (SSSR count). The summed E-state index contributed by atoms with van der Waals surface area (Å²) in [6, 6.07) is 17.0. The molecule has 0 amide bonds. The maximum absolute atomic E-state index is 13.7. The molecule has 0 saturated heterocycles. The fraction of sp³-hybridized carbons (Fsp3) is 0.0455. The number of nitrogens with zero attached hydrogens (tertiary/aromatic N) is 1. The molecule has 3 nitrogen and oxygen atoms in total. The second-order valence-corrected chi connectivity index (χ2v) is 10.8. The molecule has 0 spiro atoms. The van der Waals surface area contributed by atoms with E-state index in [1.165, 1.54) is 24.3 Å². The molecule has 0 bridgehead atoms. The van der Waals surface area contributed by atoms with Gasteiger partial charge >= 0.3 is 0 Å². The SMILES string of the molecule is CS(=O)(=O)c1ccc(-[s+]2cc(-c3ccc(F)cc3)nc2-c2ccc(F)c(Cl)c2)cc1. The molecule has 0 saturated carbocycles. The van der Waals surface area contributed by atoms with Gasteiger partial charge in [0.1, 0.15) is 17.3 Å². The molecule has 3 aromatic carbocycles. The Morgan fingerprint density at radius 1 is 0.900 bits per heavy atom. The van der Waals surface area contributed by atoms with Crippen molar-refractivity contribution in [2.24, 2.45) is 0 Å². The minimum absolute atomic E-state index is 0.0126. The summed E-state index contributed by atoms with van der Waals surface area (Å²) in [5.41, 5.74) is 2.05. The molecule has 0 aliphatic rings. The number of thiazole rings is 1. The van der Waals surface area contributed by atoms with Gasteiger partial charge in [0.25, 0.3) is 5.01 Å². The fourth-order valence-corrected chi connectivity index (χ4v) is 5.64. The van der Waals surface area contributed by atoms with Crippen LogP contribution in [-0.4, -0.2) is 19.7 Å². The van der Waals surface area contributed by atoms with Gasteiger partial charge in [-0.1, -0.05) is 11.6 Å². The zero-order valence-electron chi connectivity index (χ0n) is 15.6. The van der Waals surface area contributed by atoms with Crippen LogP contribution in [0.3, 0.4) is 0 Å². The van der Waals surface area contributed by atoms with Gasteiger partial charge in [0.2, 0.25) is 0 Å². The van der Waals surface area contributed by atoms with Gasteiger partial charge in [0.05, 0.1) is 15.5 Å². The maximum Gasteiger partial charge on any atom is 0.280 e. The first-order valence-electron chi connectivity index (χ1n) is 8.77. The number of rotatable bonds is 4. The predicted octanol–water partition coefficient (Wildman–Crippen LogP) is 6.49. The molecule has 4 aromatic rings. The minimum Gasteiger partial charge on any atom is -0.224 e. The van der Waals surface area contributed by atoms with E-state index in [4.69, 9.17) is 16.6 Å². The van der Waals surface area contributed by atoms with Crippen molar-refractivity contribution in [3.63, 3.8) is 0 Å². The Morgan fingerprint density at radius 3 is 2.13 bits per heavy atom. The third-order valence-electron chi connectivity index (χ3n) is 4.47. The molecular formula is C22H15ClF2NO2S2+. The summed E-state index contributed by atoms with van der Waals surface area (Å²) < 4.78 is 50.5. The number of sulfone groups is 1. The molecule has 1 heterocycles. The van der Waals surface area contributed by atoms with E-state index in [1.54, 1.807) is 42.5 Å². The van der Waals surface area contributed by atoms with Crippen LogP contribution in [0.2, 0.25) is 5.02 Å². The molecule has 8 heteroatoms. The van der Waals surface area contributed by atoms with E-state index in [9.17, 15) is 17.2 Å². The molecule has 0 aliphatic carbocycles. The standard InChI is InChI=1S/C22H15ClF2NO2S2/c1-30(27,28)18-9-7-17(8-10-18)29-13-21(14-2-5-16(24)6-3-14)26-22(29)15-4-11-20(25)19(23)12-15/h2-13H,1H3/q+1. The predicted molar refractivity (Wildman–Crippen MR) is 117 cm³/mol. The topological polar surface area (TPSA) is 47.0 Å². The number of halogens is 3. The van der Waals surface area contributed by atoms with Crippen molar-refractivity contribution < 1.29 is 17.2 Å². The molecule has 0 N–H and O–H groups in total. The molecule has 152 valence electrons. The Balaban J connectivity index is 1.89. The minimum atomic E-state index is -3.31. The van der Waals surface area contributed by atoms with Crippen molar-refractivity contribution in [2.75, 3.05) is 6.26 Å². The summed E-state index contributed by atoms with van der Waals surface area (Å²) in [7, 11) is -3.96. The van der Waals surface area contributed by atoms with Crippen molar-refractivity contribution in [2.45, 2.75) is 4.90 Å². The molecule has 1 unspecified atom stereocenters. The van der Waals surface area contributed by atoms with Crippen LogP contribution in [0.25, 0.3) is 26.7 Å². The zero-order chi connectivity index (χ0) is 21.5. The van der Waals surface area contributed by atoms with Gasteiger partial charge in [-0.25, -0.2) is 17.2 Å². The smallest absolute Gasteiger partial charge is 0.224 e. The van der Waals surface area contributed by atoms with Crippen molar-refractivity contribution >= 4 is 31.9 Å². The van der Waals surface area contributed by atoms with Crippen molar-refractivity contribution in [1.82, 2.24) is 4.98 Å². The third kappa shape index (κ3) is 4.14. The normalized spacial score (nSPS) is 12.2. The van der Waals surface area contributed by atoms with Gasteiger partial charge in [-0.15, -0.1) is 0 Å². The summed E-state index contributed by atoms with van der Waals surface area (Å²) in [5.74, 6) is -0.870. The molecule has 30 heavy (non-hydrogen) atoms. The summed E-state index contributed by atoms with van der Waals surface area (Å²) in [6.45, 7) is 0. The maximum atomic E-state index is 13.7. The summed E-state index contributed by atoms with van der Waals surface area (Å²) in [4.78, 5) is 5.79. The van der Waals surface area contributed by atoms with E-state index in [0.717, 1.165) is 16.7 Å². The molecule has 0 fully saturated rings. The lowest BCUT2D eigenvalue weighted by molar-refractivity contribution is 0.602. The quantitative estimate of drug-likeness (QED) is 0.326. The van der Waals surface area contributed by atoms with Crippen LogP contribution in [0.4, 0.5) is 8.78 Å². The number of hydrogen-bond acceptors (Lipinski definition) is 3. The van der Waals surface area contributed by atoms with Crippen LogP contribution < -0.4 is 0 Å². The van der Waals surface area contributed by atoms with E-state index in [1.807, 2.05) is 5.38 Å². The average Bonchev–Trinajstić information content (AvgIpc) is 3.15. The van der Waals surface area contributed by atoms with Gasteiger partial charge in [-0.2, -0.15) is 4.98 Å². The number of aromatic nitrogens is 1. The first kappa shape index (κ1) is 20.7. The van der Waals surface area contributed by atoms with E-state index >= 15 is 0 Å². The first-order chi connectivity index (χ1) is 14.2. The van der Waals surface area contributed by atoms with E-state index in [-0.39, 0.29) is 15.7 Å². The largest absolute Gasteiger partial charge is 0.280 e. The summed E-state index contributed by atoms with van der Waals surface area (Å²) >= 11 is 5.98. The number of hydrogen-bond donors (Lipinski definition) is 0. The van der Waals surface area contributed by atoms with Crippen LogP contribution in [0.15, 0.2) is 77.0 Å². The Bertz CT molecular complexity index is 1330. The molecule has 0 radical (unpaired) electrons. The lowest BCUT2D eigenvalue weighted by Gasteiger charge is -2.00. The third-order valence-corrected chi connectivity index (χ3v) is 7.87. The summed E-state index contributed by atoms with van der Waals surface area (Å²) in [5, 5.41) is 2.60. The number of benzene rings is 3. The zero-order valence-corrected chi connectivity index (χ0v) is 18.0. The van der Waals surface area contributed by atoms with Gasteiger partial charge in [0, 0.05) is 22.3 Å². The van der Waals surface area contributed by atoms with Crippen LogP contribution >= 0.6 is 22.1 Å². The van der Waals surface area contributed by atoms with Gasteiger partial charge in [0.15, 0.2) is 20.1 Å². The highest BCUT2D eigenvalue weighted by Gasteiger charge is 2.25. The fourth-order valence-electron chi connectivity index (χ4n) is 2.94. The highest BCUT2D eigenvalue weighted by Crippen LogP contribution is 2.44. The van der Waals surface area contributed by atoms with E-state index in [0.29, 0.717) is 16.3 Å². The van der Waals surface area contributed by atoms with Crippen molar-refractivity contribution in [3.8, 4) is 26.7 Å². The van der Waals surface area contributed by atoms with Gasteiger partial charge in [-0.3, -0.25) is 0 Å². The molecular weight excluding hydrogens is 448 g/mol. The lowest BCUT2D eigenvalue weighted by Crippen LogP contribution is -1.95. The highest BCUT2D eigenvalue weighted by molar-refractivity contribution is 7.90. The average molecular weight is 463 g/mol. The van der Waals surface area contributed by atoms with Crippen molar-refractivity contribution in [1.29, 1.82) is 0 Å². The monoisotopic (exact) mass is 462 g/mol. The Labute approximate surface area is 180 Å². The lowest BCUT2D eigenvalue weighted by atomic mass is 10.2. The second-order valence-electron chi connectivity index (χ2n) is 6.64. The van der Waals surface area contributed by atoms with Gasteiger partial charge < -0.3 is 0 Å². The highest BCUT2D eigenvalue weighted by atomic mass is 35.5. The Hall–Kier alpha value is -2.61. The van der Waals surface area contributed by atoms with Crippen LogP contribution in [0.5, 0.6) is 0 Å². The van der Waals surface area contributed by atoms with Gasteiger partial charge in [-0.05, 0) is 66.7 Å². The van der Waals surface area contributed by atoms with E-state index < -0.39 is 26.1 Å². The van der Waals surface area contributed by atoms with Crippen LogP contribution in [-0.2, 0) is 9.84 Å². The molecule has 1 aromatic heterocycles. The van der Waals surface area contributed by atoms with E-state index in [2.05, 4.69) is 0 Å². The Morgan fingerprint density at radius 2 is 1.53 bits per heavy atom. The van der Waals surface area contributed by atoms with Crippen LogP contribution in [0.1, 0.15) is 0 Å². The molecule has 0 aliphatic heterocycles. The second kappa shape index (κ2) is 7.91. The molecule has 1 atom stereocenters. The van der Waals surface area contributed by atoms with Crippen molar-refractivity contribution in [3.05, 3.63) is 88.8 Å². The first-order valence-corrected chi connectivity index (χ1v) is 12.3. The Kier molecular flexibility index (Phi) is 5.44.